The van der Waals surface area contributed by atoms with Crippen molar-refractivity contribution >= 4 is 11.7 Å². The molecule has 7 nitrogen and oxygen atoms in total. The molecule has 1 saturated heterocycles. The molecule has 1 aliphatic heterocycles. The lowest BCUT2D eigenvalue weighted by molar-refractivity contribution is 0.0451. The van der Waals surface area contributed by atoms with Crippen molar-refractivity contribution in [3.05, 3.63) is 23.9 Å². The molecule has 24 heavy (non-hydrogen) atoms. The van der Waals surface area contributed by atoms with E-state index < -0.39 is 0 Å². The van der Waals surface area contributed by atoms with Gasteiger partial charge < -0.3 is 25.4 Å². The summed E-state index contributed by atoms with van der Waals surface area (Å²) in [6.45, 7) is 3.78. The first-order chi connectivity index (χ1) is 11.5. The number of amides is 1. The first-order valence-electron chi connectivity index (χ1n) is 8.32. The highest BCUT2D eigenvalue weighted by Gasteiger charge is 2.30. The Kier molecular flexibility index (Phi) is 6.96. The van der Waals surface area contributed by atoms with Gasteiger partial charge in [-0.1, -0.05) is 0 Å². The predicted octanol–water partition coefficient (Wildman–Crippen LogP) is 0.313. The number of hydrogen-bond donors (Lipinski definition) is 2. The van der Waals surface area contributed by atoms with E-state index in [9.17, 15) is 9.90 Å². The quantitative estimate of drug-likeness (QED) is 0.745. The summed E-state index contributed by atoms with van der Waals surface area (Å²) in [5, 5.41) is 9.60. The molecule has 0 unspecified atom stereocenters. The normalized spacial score (nSPS) is 21.2. The Labute approximate surface area is 143 Å². The van der Waals surface area contributed by atoms with Crippen molar-refractivity contribution in [1.82, 2.24) is 14.8 Å². The van der Waals surface area contributed by atoms with E-state index in [1.807, 2.05) is 4.90 Å². The summed E-state index contributed by atoms with van der Waals surface area (Å²) in [4.78, 5) is 20.7. The third kappa shape index (κ3) is 5.15. The van der Waals surface area contributed by atoms with Gasteiger partial charge in [-0.15, -0.1) is 0 Å². The fourth-order valence-electron chi connectivity index (χ4n) is 3.29. The molecule has 0 spiro atoms. The van der Waals surface area contributed by atoms with E-state index in [1.54, 1.807) is 25.4 Å². The molecule has 1 amide bonds. The molecular formula is C17H28N4O3. The number of methoxy groups -OCH3 is 1. The molecule has 1 aliphatic rings. The zero-order valence-electron chi connectivity index (χ0n) is 14.5. The lowest BCUT2D eigenvalue weighted by Gasteiger charge is -2.38. The average molecular weight is 336 g/mol. The second-order valence-corrected chi connectivity index (χ2v) is 6.58. The molecule has 1 aromatic heterocycles. The number of carbonyl (C=O) groups excluding carboxylic acids is 1. The van der Waals surface area contributed by atoms with Crippen molar-refractivity contribution in [2.45, 2.75) is 6.42 Å². The molecule has 2 atom stereocenters. The third-order valence-corrected chi connectivity index (χ3v) is 4.44. The zero-order chi connectivity index (χ0) is 17.5. The number of aliphatic hydroxyl groups excluding tert-OH is 1. The van der Waals surface area contributed by atoms with Crippen molar-refractivity contribution in [3.63, 3.8) is 0 Å². The minimum absolute atomic E-state index is 0.0493. The van der Waals surface area contributed by atoms with Crippen LogP contribution < -0.4 is 5.73 Å². The average Bonchev–Trinajstić information content (AvgIpc) is 2.58. The van der Waals surface area contributed by atoms with E-state index >= 15 is 0 Å². The topological polar surface area (TPSA) is 91.9 Å². The third-order valence-electron chi connectivity index (χ3n) is 4.44. The van der Waals surface area contributed by atoms with E-state index in [2.05, 4.69) is 16.9 Å². The number of likely N-dealkylation sites (tertiary alicyclic amines) is 1. The highest BCUT2D eigenvalue weighted by Crippen LogP contribution is 2.24. The van der Waals surface area contributed by atoms with Crippen molar-refractivity contribution in [3.8, 4) is 0 Å². The van der Waals surface area contributed by atoms with Crippen LogP contribution in [-0.2, 0) is 4.74 Å². The van der Waals surface area contributed by atoms with Gasteiger partial charge in [0.1, 0.15) is 5.82 Å². The first-order valence-corrected chi connectivity index (χ1v) is 8.32. The molecule has 0 aromatic carbocycles. The SMILES string of the molecule is COCCN(C)C[C@H]1C[C@@H](CO)CN(C(=O)c2ccnc(N)c2)C1. The molecule has 1 fully saturated rings. The van der Waals surface area contributed by atoms with E-state index in [0.717, 1.165) is 19.5 Å². The number of aliphatic hydroxyl groups is 1. The summed E-state index contributed by atoms with van der Waals surface area (Å²) in [7, 11) is 3.74. The maximum atomic E-state index is 12.7. The number of likely N-dealkylation sites (N-methyl/N-ethyl adjacent to an activating group) is 1. The molecule has 2 heterocycles. The van der Waals surface area contributed by atoms with E-state index in [-0.39, 0.29) is 18.4 Å². The van der Waals surface area contributed by atoms with Gasteiger partial charge in [0.25, 0.3) is 5.91 Å². The summed E-state index contributed by atoms with van der Waals surface area (Å²) < 4.78 is 5.11. The molecule has 2 rings (SSSR count). The Balaban J connectivity index is 2.02. The molecule has 0 aliphatic carbocycles. The second-order valence-electron chi connectivity index (χ2n) is 6.58. The number of hydrogen-bond acceptors (Lipinski definition) is 6. The lowest BCUT2D eigenvalue weighted by atomic mass is 9.89. The van der Waals surface area contributed by atoms with Crippen molar-refractivity contribution < 1.29 is 14.6 Å². The van der Waals surface area contributed by atoms with Crippen LogP contribution in [0.3, 0.4) is 0 Å². The smallest absolute Gasteiger partial charge is 0.254 e. The van der Waals surface area contributed by atoms with Crippen LogP contribution >= 0.6 is 0 Å². The Morgan fingerprint density at radius 1 is 1.50 bits per heavy atom. The molecule has 1 aromatic rings. The Hall–Kier alpha value is -1.70. The molecule has 0 radical (unpaired) electrons. The second kappa shape index (κ2) is 8.96. The number of ether oxygens (including phenoxy) is 1. The van der Waals surface area contributed by atoms with Crippen LogP contribution in [0.2, 0.25) is 0 Å². The van der Waals surface area contributed by atoms with Gasteiger partial charge in [-0.2, -0.15) is 0 Å². The van der Waals surface area contributed by atoms with Gasteiger partial charge in [0, 0.05) is 51.7 Å². The summed E-state index contributed by atoms with van der Waals surface area (Å²) in [6.07, 6.45) is 2.47. The van der Waals surface area contributed by atoms with E-state index in [1.165, 1.54) is 0 Å². The Morgan fingerprint density at radius 2 is 2.25 bits per heavy atom. The molecule has 134 valence electrons. The maximum absolute atomic E-state index is 12.7. The monoisotopic (exact) mass is 336 g/mol. The standard InChI is InChI=1S/C17H28N4O3/c1-20(5-6-24-2)9-13-7-14(12-22)11-21(10-13)17(23)15-3-4-19-16(18)8-15/h3-4,8,13-14,22H,5-7,9-12H2,1-2H3,(H2,18,19)/t13-,14-/m1/s1. The van der Waals surface area contributed by atoms with Crippen LogP contribution in [0.4, 0.5) is 5.82 Å². The number of rotatable bonds is 7. The fourth-order valence-corrected chi connectivity index (χ4v) is 3.29. The van der Waals surface area contributed by atoms with Crippen molar-refractivity contribution in [2.24, 2.45) is 11.8 Å². The Morgan fingerprint density at radius 3 is 2.92 bits per heavy atom. The maximum Gasteiger partial charge on any atom is 0.254 e. The number of anilines is 1. The number of piperidine rings is 1. The van der Waals surface area contributed by atoms with Gasteiger partial charge in [-0.25, -0.2) is 4.98 Å². The molecule has 3 N–H and O–H groups in total. The number of aromatic nitrogens is 1. The summed E-state index contributed by atoms with van der Waals surface area (Å²) in [6, 6.07) is 3.28. The predicted molar refractivity (Wildman–Crippen MR) is 92.6 cm³/mol. The molecule has 0 saturated carbocycles. The van der Waals surface area contributed by atoms with Crippen LogP contribution in [0.15, 0.2) is 18.3 Å². The molecule has 7 heteroatoms. The van der Waals surface area contributed by atoms with Crippen molar-refractivity contribution in [1.29, 1.82) is 0 Å². The van der Waals surface area contributed by atoms with E-state index in [4.69, 9.17) is 10.5 Å². The van der Waals surface area contributed by atoms with Crippen LogP contribution in [0.25, 0.3) is 0 Å². The Bertz CT molecular complexity index is 540. The van der Waals surface area contributed by atoms with E-state index in [0.29, 0.717) is 37.0 Å². The van der Waals surface area contributed by atoms with Gasteiger partial charge in [0.05, 0.1) is 6.61 Å². The largest absolute Gasteiger partial charge is 0.396 e. The van der Waals surface area contributed by atoms with Crippen LogP contribution in [0.5, 0.6) is 0 Å². The fraction of sp³-hybridized carbons (Fsp3) is 0.647. The van der Waals surface area contributed by atoms with Gasteiger partial charge in [-0.3, -0.25) is 4.79 Å². The number of nitrogen functional groups attached to an aromatic ring is 1. The van der Waals surface area contributed by atoms with Gasteiger partial charge in [0.2, 0.25) is 0 Å². The lowest BCUT2D eigenvalue weighted by Crippen LogP contribution is -2.47. The number of nitrogens with zero attached hydrogens (tertiary/aromatic N) is 3. The number of pyridine rings is 1. The summed E-state index contributed by atoms with van der Waals surface area (Å²) >= 11 is 0. The number of carbonyl (C=O) groups is 1. The van der Waals surface area contributed by atoms with Gasteiger partial charge in [0.15, 0.2) is 0 Å². The van der Waals surface area contributed by atoms with Crippen LogP contribution in [0.1, 0.15) is 16.8 Å². The highest BCUT2D eigenvalue weighted by atomic mass is 16.5. The molecular weight excluding hydrogens is 308 g/mol. The van der Waals surface area contributed by atoms with Crippen LogP contribution in [-0.4, -0.2) is 79.3 Å². The van der Waals surface area contributed by atoms with Crippen molar-refractivity contribution in [2.75, 3.05) is 59.3 Å². The summed E-state index contributed by atoms with van der Waals surface area (Å²) in [5.41, 5.74) is 6.23. The van der Waals surface area contributed by atoms with Gasteiger partial charge in [-0.05, 0) is 37.4 Å². The van der Waals surface area contributed by atoms with Crippen LogP contribution in [0, 0.1) is 11.8 Å². The van der Waals surface area contributed by atoms with Gasteiger partial charge >= 0.3 is 0 Å². The first kappa shape index (κ1) is 18.6. The minimum Gasteiger partial charge on any atom is -0.396 e. The zero-order valence-corrected chi connectivity index (χ0v) is 14.5. The highest BCUT2D eigenvalue weighted by molar-refractivity contribution is 5.94. The minimum atomic E-state index is -0.0493. The summed E-state index contributed by atoms with van der Waals surface area (Å²) in [5.74, 6) is 0.739. The number of nitrogens with two attached hydrogens (primary N) is 1. The molecule has 0 bridgehead atoms.